The van der Waals surface area contributed by atoms with Gasteiger partial charge >= 0.3 is 0 Å². The molecule has 1 amide bonds. The predicted molar refractivity (Wildman–Crippen MR) is 108 cm³/mol. The number of rotatable bonds is 4. The quantitative estimate of drug-likeness (QED) is 0.885. The molecular weight excluding hydrogens is 352 g/mol. The Morgan fingerprint density at radius 1 is 1.39 bits per heavy atom. The first kappa shape index (κ1) is 20.0. The van der Waals surface area contributed by atoms with Crippen molar-refractivity contribution in [1.82, 2.24) is 15.2 Å². The van der Waals surface area contributed by atoms with Crippen LogP contribution in [-0.2, 0) is 4.74 Å². The fraction of sp³-hybridized carbons (Fsp3) is 0.409. The maximum absolute atomic E-state index is 12.7. The molecule has 0 aliphatic carbocycles. The topological polar surface area (TPSA) is 78.2 Å². The molecule has 1 atom stereocenters. The van der Waals surface area contributed by atoms with Gasteiger partial charge in [0, 0.05) is 42.4 Å². The zero-order chi connectivity index (χ0) is 20.1. The average Bonchev–Trinajstić information content (AvgIpc) is 2.89. The summed E-state index contributed by atoms with van der Waals surface area (Å²) in [5.74, 6) is 0.141. The standard InChI is InChI=1S/C22H26N4O2/c1-15-9-16(2)25-21(20(15)11-23)18-5-4-6-19(10-18)22(27)24-12-17-13-26(3)7-8-28-14-17/h4-6,9-10,17H,7-8,12-14H2,1-3H3,(H,24,27)/t17-/m1/s1. The number of carbonyl (C=O) groups excluding carboxylic acids is 1. The molecule has 1 aromatic carbocycles. The number of nitrogens with zero attached hydrogens (tertiary/aromatic N) is 3. The van der Waals surface area contributed by atoms with E-state index in [-0.39, 0.29) is 11.8 Å². The smallest absolute Gasteiger partial charge is 0.251 e. The molecule has 1 N–H and O–H groups in total. The number of ether oxygens (including phenoxy) is 1. The minimum atomic E-state index is -0.128. The highest BCUT2D eigenvalue weighted by Crippen LogP contribution is 2.25. The number of nitriles is 1. The zero-order valence-corrected chi connectivity index (χ0v) is 16.7. The minimum Gasteiger partial charge on any atom is -0.380 e. The first-order valence-electron chi connectivity index (χ1n) is 9.51. The highest BCUT2D eigenvalue weighted by molar-refractivity contribution is 5.95. The van der Waals surface area contributed by atoms with Crippen LogP contribution in [0.3, 0.4) is 0 Å². The molecule has 0 saturated carbocycles. The summed E-state index contributed by atoms with van der Waals surface area (Å²) in [5.41, 5.74) is 4.23. The van der Waals surface area contributed by atoms with Gasteiger partial charge in [0.05, 0.1) is 24.5 Å². The molecule has 3 rings (SSSR count). The SMILES string of the molecule is Cc1cc(C)c(C#N)c(-c2cccc(C(=O)NC[C@H]3COCCN(C)C3)c2)n1. The zero-order valence-electron chi connectivity index (χ0n) is 16.7. The number of aromatic nitrogens is 1. The van der Waals surface area contributed by atoms with E-state index in [0.29, 0.717) is 30.0 Å². The Balaban J connectivity index is 1.76. The summed E-state index contributed by atoms with van der Waals surface area (Å²) in [4.78, 5) is 19.4. The second-order valence-corrected chi connectivity index (χ2v) is 7.41. The Labute approximate surface area is 166 Å². The van der Waals surface area contributed by atoms with Crippen LogP contribution in [0.25, 0.3) is 11.3 Å². The van der Waals surface area contributed by atoms with Crippen molar-refractivity contribution in [1.29, 1.82) is 5.26 Å². The molecular formula is C22H26N4O2. The molecule has 1 saturated heterocycles. The molecule has 0 bridgehead atoms. The van der Waals surface area contributed by atoms with Gasteiger partial charge in [0.1, 0.15) is 6.07 Å². The van der Waals surface area contributed by atoms with E-state index in [1.54, 1.807) is 12.1 Å². The van der Waals surface area contributed by atoms with Gasteiger partial charge in [0.15, 0.2) is 0 Å². The molecule has 6 nitrogen and oxygen atoms in total. The van der Waals surface area contributed by atoms with Gasteiger partial charge in [-0.15, -0.1) is 0 Å². The molecule has 2 heterocycles. The van der Waals surface area contributed by atoms with Crippen LogP contribution >= 0.6 is 0 Å². The molecule has 0 unspecified atom stereocenters. The summed E-state index contributed by atoms with van der Waals surface area (Å²) in [6.07, 6.45) is 0. The third-order valence-electron chi connectivity index (χ3n) is 4.95. The first-order valence-corrected chi connectivity index (χ1v) is 9.51. The van der Waals surface area contributed by atoms with Crippen molar-refractivity contribution in [3.63, 3.8) is 0 Å². The van der Waals surface area contributed by atoms with Crippen molar-refractivity contribution in [3.8, 4) is 17.3 Å². The lowest BCUT2D eigenvalue weighted by atomic mass is 10.00. The van der Waals surface area contributed by atoms with Crippen LogP contribution in [0.1, 0.15) is 27.2 Å². The first-order chi connectivity index (χ1) is 13.5. The number of nitrogens with one attached hydrogen (secondary N) is 1. The summed E-state index contributed by atoms with van der Waals surface area (Å²) < 4.78 is 5.61. The van der Waals surface area contributed by atoms with E-state index in [9.17, 15) is 10.1 Å². The number of amides is 1. The fourth-order valence-electron chi connectivity index (χ4n) is 3.51. The summed E-state index contributed by atoms with van der Waals surface area (Å²) in [7, 11) is 2.07. The summed E-state index contributed by atoms with van der Waals surface area (Å²) in [6, 6.07) is 11.4. The number of aryl methyl sites for hydroxylation is 2. The van der Waals surface area contributed by atoms with Crippen LogP contribution in [-0.4, -0.2) is 55.7 Å². The second-order valence-electron chi connectivity index (χ2n) is 7.41. The van der Waals surface area contributed by atoms with E-state index in [1.165, 1.54) is 0 Å². The maximum Gasteiger partial charge on any atom is 0.251 e. The van der Waals surface area contributed by atoms with Gasteiger partial charge in [-0.1, -0.05) is 12.1 Å². The maximum atomic E-state index is 12.7. The predicted octanol–water partition coefficient (Wildman–Crippen LogP) is 2.55. The lowest BCUT2D eigenvalue weighted by molar-refractivity contribution is 0.0921. The molecule has 2 aromatic rings. The van der Waals surface area contributed by atoms with Crippen molar-refractivity contribution < 1.29 is 9.53 Å². The largest absolute Gasteiger partial charge is 0.380 e. The number of pyridine rings is 1. The van der Waals surface area contributed by atoms with Crippen molar-refractivity contribution in [2.45, 2.75) is 13.8 Å². The molecule has 0 spiro atoms. The number of hydrogen-bond acceptors (Lipinski definition) is 5. The van der Waals surface area contributed by atoms with Crippen molar-refractivity contribution in [3.05, 3.63) is 52.7 Å². The summed E-state index contributed by atoms with van der Waals surface area (Å²) >= 11 is 0. The van der Waals surface area contributed by atoms with Crippen LogP contribution in [0.2, 0.25) is 0 Å². The van der Waals surface area contributed by atoms with Gasteiger partial charge in [0.2, 0.25) is 0 Å². The van der Waals surface area contributed by atoms with E-state index in [1.807, 2.05) is 32.0 Å². The Kier molecular flexibility index (Phi) is 6.40. The molecule has 1 fully saturated rings. The lowest BCUT2D eigenvalue weighted by Crippen LogP contribution is -2.35. The minimum absolute atomic E-state index is 0.128. The lowest BCUT2D eigenvalue weighted by Gasteiger charge is -2.19. The Hall–Kier alpha value is -2.75. The Bertz CT molecular complexity index is 904. The van der Waals surface area contributed by atoms with E-state index < -0.39 is 0 Å². The average molecular weight is 378 g/mol. The van der Waals surface area contributed by atoms with Crippen LogP contribution in [0, 0.1) is 31.1 Å². The van der Waals surface area contributed by atoms with Crippen LogP contribution in [0.4, 0.5) is 0 Å². The van der Waals surface area contributed by atoms with Crippen LogP contribution < -0.4 is 5.32 Å². The monoisotopic (exact) mass is 378 g/mol. The van der Waals surface area contributed by atoms with Gasteiger partial charge < -0.3 is 15.0 Å². The highest BCUT2D eigenvalue weighted by Gasteiger charge is 2.18. The van der Waals surface area contributed by atoms with Crippen LogP contribution in [0.15, 0.2) is 30.3 Å². The van der Waals surface area contributed by atoms with E-state index in [2.05, 4.69) is 28.3 Å². The molecule has 28 heavy (non-hydrogen) atoms. The second kappa shape index (κ2) is 8.96. The Morgan fingerprint density at radius 2 is 2.21 bits per heavy atom. The summed E-state index contributed by atoms with van der Waals surface area (Å²) in [6.45, 7) is 7.57. The van der Waals surface area contributed by atoms with Crippen molar-refractivity contribution in [2.75, 3.05) is 39.9 Å². The fourth-order valence-corrected chi connectivity index (χ4v) is 3.51. The third kappa shape index (κ3) is 4.75. The Morgan fingerprint density at radius 3 is 3.00 bits per heavy atom. The van der Waals surface area contributed by atoms with E-state index in [0.717, 1.165) is 36.5 Å². The third-order valence-corrected chi connectivity index (χ3v) is 4.95. The van der Waals surface area contributed by atoms with Gasteiger partial charge in [-0.2, -0.15) is 5.26 Å². The van der Waals surface area contributed by atoms with Crippen LogP contribution in [0.5, 0.6) is 0 Å². The molecule has 1 aromatic heterocycles. The number of carbonyl (C=O) groups is 1. The van der Waals surface area contributed by atoms with Crippen molar-refractivity contribution in [2.24, 2.45) is 5.92 Å². The molecule has 146 valence electrons. The molecule has 6 heteroatoms. The van der Waals surface area contributed by atoms with Gasteiger partial charge in [-0.05, 0) is 44.7 Å². The highest BCUT2D eigenvalue weighted by atomic mass is 16.5. The normalized spacial score (nSPS) is 17.6. The van der Waals surface area contributed by atoms with Gasteiger partial charge in [0.25, 0.3) is 5.91 Å². The van der Waals surface area contributed by atoms with Gasteiger partial charge in [-0.3, -0.25) is 9.78 Å². The molecule has 1 aliphatic rings. The van der Waals surface area contributed by atoms with E-state index in [4.69, 9.17) is 4.74 Å². The molecule has 1 aliphatic heterocycles. The van der Waals surface area contributed by atoms with E-state index >= 15 is 0 Å². The molecule has 0 radical (unpaired) electrons. The number of hydrogen-bond donors (Lipinski definition) is 1. The van der Waals surface area contributed by atoms with Crippen molar-refractivity contribution >= 4 is 5.91 Å². The summed E-state index contributed by atoms with van der Waals surface area (Å²) in [5, 5.41) is 12.5. The van der Waals surface area contributed by atoms with Gasteiger partial charge in [-0.25, -0.2) is 0 Å². The number of likely N-dealkylation sites (N-methyl/N-ethyl adjacent to an activating group) is 1. The number of benzene rings is 1.